The zero-order valence-corrected chi connectivity index (χ0v) is 9.82. The summed E-state index contributed by atoms with van der Waals surface area (Å²) in [5.41, 5.74) is 6.88. The number of anilines is 1. The molecule has 2 atom stereocenters. The average molecular weight is 234 g/mol. The van der Waals surface area contributed by atoms with E-state index in [1.807, 2.05) is 18.2 Å². The van der Waals surface area contributed by atoms with Crippen LogP contribution in [0.3, 0.4) is 0 Å². The monoisotopic (exact) mass is 234 g/mol. The minimum atomic E-state index is 0.327. The molecule has 17 heavy (non-hydrogen) atoms. The molecule has 1 heterocycles. The number of hydrogen-bond acceptors (Lipinski definition) is 4. The Labute approximate surface area is 101 Å². The van der Waals surface area contributed by atoms with Gasteiger partial charge in [0.1, 0.15) is 0 Å². The summed E-state index contributed by atoms with van der Waals surface area (Å²) in [6.07, 6.45) is 3.71. The number of hydrogen-bond donors (Lipinski definition) is 2. The Kier molecular flexibility index (Phi) is 2.81. The first kappa shape index (κ1) is 10.7. The molecule has 0 spiro atoms. The number of rotatable bonds is 3. The predicted molar refractivity (Wildman–Crippen MR) is 66.4 cm³/mol. The second kappa shape index (κ2) is 4.45. The average Bonchev–Trinajstić information content (AvgIpc) is 2.96. The van der Waals surface area contributed by atoms with Gasteiger partial charge >= 0.3 is 0 Å². The normalized spacial score (nSPS) is 26.2. The van der Waals surface area contributed by atoms with Crippen LogP contribution in [0.5, 0.6) is 11.5 Å². The van der Waals surface area contributed by atoms with Crippen LogP contribution in [0.1, 0.15) is 19.3 Å². The molecule has 1 fully saturated rings. The summed E-state index contributed by atoms with van der Waals surface area (Å²) in [6.45, 7) is 1.09. The van der Waals surface area contributed by atoms with Crippen LogP contribution in [0.15, 0.2) is 18.2 Å². The van der Waals surface area contributed by atoms with Gasteiger partial charge in [-0.3, -0.25) is 0 Å². The van der Waals surface area contributed by atoms with Crippen molar-refractivity contribution in [3.05, 3.63) is 18.2 Å². The van der Waals surface area contributed by atoms with Gasteiger partial charge < -0.3 is 20.5 Å². The predicted octanol–water partition coefficient (Wildman–Crippen LogP) is 1.95. The fourth-order valence-corrected chi connectivity index (χ4v) is 2.71. The molecule has 2 aliphatic rings. The van der Waals surface area contributed by atoms with Crippen LogP contribution in [0.4, 0.5) is 5.69 Å². The molecular weight excluding hydrogens is 216 g/mol. The molecular formula is C13H18N2O2. The van der Waals surface area contributed by atoms with Gasteiger partial charge in [-0.15, -0.1) is 0 Å². The maximum absolute atomic E-state index is 5.78. The molecule has 1 aromatic carbocycles. The smallest absolute Gasteiger partial charge is 0.231 e. The van der Waals surface area contributed by atoms with Crippen LogP contribution in [0.2, 0.25) is 0 Å². The molecule has 1 aromatic rings. The molecule has 4 heteroatoms. The molecule has 1 aliphatic heterocycles. The zero-order valence-electron chi connectivity index (χ0n) is 9.82. The van der Waals surface area contributed by atoms with Gasteiger partial charge in [-0.25, -0.2) is 0 Å². The third-order valence-electron chi connectivity index (χ3n) is 3.69. The highest BCUT2D eigenvalue weighted by Gasteiger charge is 2.26. The summed E-state index contributed by atoms with van der Waals surface area (Å²) >= 11 is 0. The van der Waals surface area contributed by atoms with Crippen LogP contribution in [0, 0.1) is 5.92 Å². The van der Waals surface area contributed by atoms with E-state index in [1.165, 1.54) is 19.3 Å². The number of benzene rings is 1. The fourth-order valence-electron chi connectivity index (χ4n) is 2.71. The molecule has 1 aliphatic carbocycles. The van der Waals surface area contributed by atoms with Crippen molar-refractivity contribution in [3.63, 3.8) is 0 Å². The van der Waals surface area contributed by atoms with E-state index in [1.54, 1.807) is 0 Å². The summed E-state index contributed by atoms with van der Waals surface area (Å²) in [5.74, 6) is 2.26. The largest absolute Gasteiger partial charge is 0.454 e. The van der Waals surface area contributed by atoms with Gasteiger partial charge in [0.25, 0.3) is 0 Å². The Bertz CT molecular complexity index is 408. The molecule has 4 nitrogen and oxygen atoms in total. The Balaban J connectivity index is 1.72. The summed E-state index contributed by atoms with van der Waals surface area (Å²) in [4.78, 5) is 0. The lowest BCUT2D eigenvalue weighted by atomic mass is 10.0. The molecule has 0 aromatic heterocycles. The summed E-state index contributed by atoms with van der Waals surface area (Å²) in [5, 5.41) is 3.56. The third kappa shape index (κ3) is 2.05. The summed E-state index contributed by atoms with van der Waals surface area (Å²) in [6, 6.07) is 6.51. The number of ether oxygens (including phenoxy) is 2. The maximum Gasteiger partial charge on any atom is 0.231 e. The molecule has 1 saturated carbocycles. The summed E-state index contributed by atoms with van der Waals surface area (Å²) in [7, 11) is 0. The number of nitrogens with one attached hydrogen (secondary N) is 1. The van der Waals surface area contributed by atoms with Gasteiger partial charge in [-0.05, 0) is 37.4 Å². The molecule has 0 radical (unpaired) electrons. The van der Waals surface area contributed by atoms with Gasteiger partial charge in [0.05, 0.1) is 0 Å². The van der Waals surface area contributed by atoms with Gasteiger partial charge in [0.2, 0.25) is 6.79 Å². The Morgan fingerprint density at radius 2 is 2.12 bits per heavy atom. The number of fused-ring (bicyclic) bond motifs is 1. The quantitative estimate of drug-likeness (QED) is 0.839. The van der Waals surface area contributed by atoms with Crippen LogP contribution in [-0.4, -0.2) is 19.4 Å². The van der Waals surface area contributed by atoms with E-state index < -0.39 is 0 Å². The molecule has 2 unspecified atom stereocenters. The van der Waals surface area contributed by atoms with Crippen molar-refractivity contribution >= 4 is 5.69 Å². The first-order chi connectivity index (χ1) is 8.36. The van der Waals surface area contributed by atoms with E-state index >= 15 is 0 Å². The Morgan fingerprint density at radius 1 is 1.24 bits per heavy atom. The molecule has 92 valence electrons. The molecule has 3 N–H and O–H groups in total. The van der Waals surface area contributed by atoms with Crippen molar-refractivity contribution in [2.45, 2.75) is 25.3 Å². The highest BCUT2D eigenvalue weighted by molar-refractivity contribution is 5.56. The minimum absolute atomic E-state index is 0.327. The van der Waals surface area contributed by atoms with Crippen molar-refractivity contribution in [2.24, 2.45) is 11.7 Å². The lowest BCUT2D eigenvalue weighted by Crippen LogP contribution is -2.29. The van der Waals surface area contributed by atoms with E-state index in [0.29, 0.717) is 18.8 Å². The summed E-state index contributed by atoms with van der Waals surface area (Å²) < 4.78 is 10.7. The third-order valence-corrected chi connectivity index (χ3v) is 3.69. The lowest BCUT2D eigenvalue weighted by molar-refractivity contribution is 0.174. The second-order valence-electron chi connectivity index (χ2n) is 4.75. The first-order valence-corrected chi connectivity index (χ1v) is 6.23. The van der Waals surface area contributed by atoms with Crippen molar-refractivity contribution < 1.29 is 9.47 Å². The van der Waals surface area contributed by atoms with Gasteiger partial charge in [-0.1, -0.05) is 6.42 Å². The van der Waals surface area contributed by atoms with E-state index in [9.17, 15) is 0 Å². The van der Waals surface area contributed by atoms with E-state index in [-0.39, 0.29) is 0 Å². The SMILES string of the molecule is NCC1CCCC1Nc1ccc2c(c1)OCO2. The second-order valence-corrected chi connectivity index (χ2v) is 4.75. The van der Waals surface area contributed by atoms with Crippen molar-refractivity contribution in [2.75, 3.05) is 18.7 Å². The molecule has 0 amide bonds. The zero-order chi connectivity index (χ0) is 11.7. The van der Waals surface area contributed by atoms with Crippen molar-refractivity contribution in [3.8, 4) is 11.5 Å². The number of nitrogens with two attached hydrogens (primary N) is 1. The topological polar surface area (TPSA) is 56.5 Å². The highest BCUT2D eigenvalue weighted by atomic mass is 16.7. The minimum Gasteiger partial charge on any atom is -0.454 e. The van der Waals surface area contributed by atoms with Crippen LogP contribution in [0.25, 0.3) is 0 Å². The van der Waals surface area contributed by atoms with Gasteiger partial charge in [-0.2, -0.15) is 0 Å². The Morgan fingerprint density at radius 3 is 3.00 bits per heavy atom. The van der Waals surface area contributed by atoms with Gasteiger partial charge in [0.15, 0.2) is 11.5 Å². The van der Waals surface area contributed by atoms with Crippen LogP contribution in [-0.2, 0) is 0 Å². The highest BCUT2D eigenvalue weighted by Crippen LogP contribution is 2.35. The van der Waals surface area contributed by atoms with E-state index in [2.05, 4.69) is 5.32 Å². The van der Waals surface area contributed by atoms with Crippen molar-refractivity contribution in [1.82, 2.24) is 0 Å². The van der Waals surface area contributed by atoms with E-state index in [0.717, 1.165) is 23.7 Å². The van der Waals surface area contributed by atoms with Crippen LogP contribution < -0.4 is 20.5 Å². The molecule has 0 bridgehead atoms. The van der Waals surface area contributed by atoms with E-state index in [4.69, 9.17) is 15.2 Å². The Hall–Kier alpha value is -1.42. The first-order valence-electron chi connectivity index (χ1n) is 6.23. The van der Waals surface area contributed by atoms with Gasteiger partial charge in [0, 0.05) is 17.8 Å². The molecule has 3 rings (SSSR count). The maximum atomic E-state index is 5.78. The fraction of sp³-hybridized carbons (Fsp3) is 0.538. The lowest BCUT2D eigenvalue weighted by Gasteiger charge is -2.20. The van der Waals surface area contributed by atoms with Crippen LogP contribution >= 0.6 is 0 Å². The van der Waals surface area contributed by atoms with Crippen molar-refractivity contribution in [1.29, 1.82) is 0 Å². The molecule has 0 saturated heterocycles. The standard InChI is InChI=1S/C13H18N2O2/c14-7-9-2-1-3-11(9)15-10-4-5-12-13(6-10)17-8-16-12/h4-6,9,11,15H,1-3,7-8,14H2.